The molecule has 1 aromatic carbocycles. The van der Waals surface area contributed by atoms with Crippen molar-refractivity contribution in [1.82, 2.24) is 5.32 Å². The number of aryl methyl sites for hydroxylation is 1. The first-order valence-electron chi connectivity index (χ1n) is 6.51. The van der Waals surface area contributed by atoms with Gasteiger partial charge in [-0.05, 0) is 24.8 Å². The van der Waals surface area contributed by atoms with Gasteiger partial charge in [-0.2, -0.15) is 0 Å². The van der Waals surface area contributed by atoms with Gasteiger partial charge in [0.25, 0.3) is 0 Å². The monoisotopic (exact) mass is 244 g/mol. The van der Waals surface area contributed by atoms with Crippen LogP contribution in [0.1, 0.15) is 18.4 Å². The summed E-state index contributed by atoms with van der Waals surface area (Å²) in [6.45, 7) is 0.729. The fraction of sp³-hybridized carbons (Fsp3) is 0.400. The number of hydrogen-bond acceptors (Lipinski definition) is 2. The largest absolute Gasteiger partial charge is 0.356 e. The van der Waals surface area contributed by atoms with E-state index in [1.165, 1.54) is 5.56 Å². The third-order valence-electron chi connectivity index (χ3n) is 3.24. The van der Waals surface area contributed by atoms with Crippen molar-refractivity contribution < 1.29 is 4.79 Å². The van der Waals surface area contributed by atoms with Gasteiger partial charge in [0.2, 0.25) is 5.91 Å². The Bertz CT molecular complexity index is 414. The van der Waals surface area contributed by atoms with Crippen LogP contribution in [0.15, 0.2) is 42.5 Å². The van der Waals surface area contributed by atoms with E-state index in [0.717, 1.165) is 25.8 Å². The summed E-state index contributed by atoms with van der Waals surface area (Å²) in [6, 6.07) is 10.4. The SMILES string of the molecule is NC1C=CC(C(=O)NCCCc2ccccc2)C1. The van der Waals surface area contributed by atoms with Gasteiger partial charge in [0.1, 0.15) is 0 Å². The number of carbonyl (C=O) groups is 1. The van der Waals surface area contributed by atoms with Crippen molar-refractivity contribution in [3.8, 4) is 0 Å². The molecule has 0 fully saturated rings. The van der Waals surface area contributed by atoms with Crippen molar-refractivity contribution in [2.24, 2.45) is 11.7 Å². The summed E-state index contributed by atoms with van der Waals surface area (Å²) in [5, 5.41) is 2.97. The Morgan fingerprint density at radius 1 is 1.28 bits per heavy atom. The average molecular weight is 244 g/mol. The van der Waals surface area contributed by atoms with Crippen molar-refractivity contribution in [3.05, 3.63) is 48.0 Å². The predicted octanol–water partition coefficient (Wildman–Crippen LogP) is 1.64. The Hall–Kier alpha value is -1.61. The number of amides is 1. The second-order valence-corrected chi connectivity index (χ2v) is 4.77. The minimum atomic E-state index is -0.0308. The molecule has 2 atom stereocenters. The van der Waals surface area contributed by atoms with Crippen LogP contribution in [0.4, 0.5) is 0 Å². The number of nitrogens with one attached hydrogen (secondary N) is 1. The topological polar surface area (TPSA) is 55.1 Å². The van der Waals surface area contributed by atoms with Crippen LogP contribution in [0.3, 0.4) is 0 Å². The van der Waals surface area contributed by atoms with Crippen molar-refractivity contribution in [2.75, 3.05) is 6.54 Å². The minimum absolute atomic E-state index is 0.0308. The predicted molar refractivity (Wildman–Crippen MR) is 73.0 cm³/mol. The van der Waals surface area contributed by atoms with Crippen molar-refractivity contribution in [1.29, 1.82) is 0 Å². The zero-order valence-corrected chi connectivity index (χ0v) is 10.5. The van der Waals surface area contributed by atoms with Gasteiger partial charge in [0, 0.05) is 12.6 Å². The number of rotatable bonds is 5. The van der Waals surface area contributed by atoms with Crippen LogP contribution in [-0.4, -0.2) is 18.5 Å². The highest BCUT2D eigenvalue weighted by molar-refractivity contribution is 5.81. The summed E-state index contributed by atoms with van der Waals surface area (Å²) >= 11 is 0. The summed E-state index contributed by atoms with van der Waals surface area (Å²) in [6.07, 6.45) is 6.54. The van der Waals surface area contributed by atoms with Gasteiger partial charge in [0.15, 0.2) is 0 Å². The maximum absolute atomic E-state index is 11.8. The van der Waals surface area contributed by atoms with Crippen LogP contribution in [0, 0.1) is 5.92 Å². The van der Waals surface area contributed by atoms with Crippen LogP contribution in [0.5, 0.6) is 0 Å². The van der Waals surface area contributed by atoms with Crippen LogP contribution >= 0.6 is 0 Å². The fourth-order valence-corrected chi connectivity index (χ4v) is 2.20. The van der Waals surface area contributed by atoms with E-state index in [9.17, 15) is 4.79 Å². The molecule has 0 aliphatic heterocycles. The van der Waals surface area contributed by atoms with E-state index < -0.39 is 0 Å². The molecule has 1 aliphatic carbocycles. The average Bonchev–Trinajstić information content (AvgIpc) is 2.82. The standard InChI is InChI=1S/C15H20N2O/c16-14-9-8-13(11-14)15(18)17-10-4-7-12-5-2-1-3-6-12/h1-3,5-6,8-9,13-14H,4,7,10-11,16H2,(H,17,18). The highest BCUT2D eigenvalue weighted by atomic mass is 16.1. The molecule has 18 heavy (non-hydrogen) atoms. The molecule has 96 valence electrons. The second kappa shape index (κ2) is 6.36. The molecular weight excluding hydrogens is 224 g/mol. The lowest BCUT2D eigenvalue weighted by Crippen LogP contribution is -2.31. The lowest BCUT2D eigenvalue weighted by molar-refractivity contribution is -0.123. The lowest BCUT2D eigenvalue weighted by Gasteiger charge is -2.10. The number of carbonyl (C=O) groups excluding carboxylic acids is 1. The molecule has 1 amide bonds. The highest BCUT2D eigenvalue weighted by Gasteiger charge is 2.21. The van der Waals surface area contributed by atoms with E-state index in [0.29, 0.717) is 0 Å². The number of benzene rings is 1. The van der Waals surface area contributed by atoms with Gasteiger partial charge in [-0.15, -0.1) is 0 Å². The molecule has 0 bridgehead atoms. The molecule has 0 aromatic heterocycles. The van der Waals surface area contributed by atoms with Crippen LogP contribution in [0.25, 0.3) is 0 Å². The van der Waals surface area contributed by atoms with Gasteiger partial charge in [0.05, 0.1) is 5.92 Å². The molecular formula is C15H20N2O. The third-order valence-corrected chi connectivity index (χ3v) is 3.24. The first-order chi connectivity index (χ1) is 8.75. The summed E-state index contributed by atoms with van der Waals surface area (Å²) in [5.41, 5.74) is 7.04. The molecule has 3 N–H and O–H groups in total. The second-order valence-electron chi connectivity index (χ2n) is 4.77. The van der Waals surface area contributed by atoms with Gasteiger partial charge in [-0.25, -0.2) is 0 Å². The minimum Gasteiger partial charge on any atom is -0.356 e. The maximum Gasteiger partial charge on any atom is 0.226 e. The normalized spacial score (nSPS) is 22.1. The summed E-state index contributed by atoms with van der Waals surface area (Å²) in [5.74, 6) is 0.0731. The summed E-state index contributed by atoms with van der Waals surface area (Å²) < 4.78 is 0. The Morgan fingerprint density at radius 2 is 2.06 bits per heavy atom. The molecule has 1 aliphatic rings. The lowest BCUT2D eigenvalue weighted by atomic mass is 10.1. The van der Waals surface area contributed by atoms with E-state index in [-0.39, 0.29) is 17.9 Å². The highest BCUT2D eigenvalue weighted by Crippen LogP contribution is 2.16. The zero-order valence-electron chi connectivity index (χ0n) is 10.5. The summed E-state index contributed by atoms with van der Waals surface area (Å²) in [4.78, 5) is 11.8. The van der Waals surface area contributed by atoms with E-state index in [1.54, 1.807) is 0 Å². The van der Waals surface area contributed by atoms with Crippen LogP contribution in [-0.2, 0) is 11.2 Å². The van der Waals surface area contributed by atoms with E-state index >= 15 is 0 Å². The van der Waals surface area contributed by atoms with Gasteiger partial charge < -0.3 is 11.1 Å². The molecule has 1 aromatic rings. The summed E-state index contributed by atoms with van der Waals surface area (Å²) in [7, 11) is 0. The third kappa shape index (κ3) is 3.70. The molecule has 0 radical (unpaired) electrons. The van der Waals surface area contributed by atoms with Crippen LogP contribution < -0.4 is 11.1 Å². The van der Waals surface area contributed by atoms with Gasteiger partial charge >= 0.3 is 0 Å². The molecule has 0 heterocycles. The van der Waals surface area contributed by atoms with Crippen molar-refractivity contribution in [3.63, 3.8) is 0 Å². The van der Waals surface area contributed by atoms with E-state index in [1.807, 2.05) is 30.4 Å². The Balaban J connectivity index is 1.64. The number of hydrogen-bond donors (Lipinski definition) is 2. The first kappa shape index (κ1) is 12.8. The van der Waals surface area contributed by atoms with Gasteiger partial charge in [-0.3, -0.25) is 4.79 Å². The molecule has 2 rings (SSSR count). The van der Waals surface area contributed by atoms with Crippen molar-refractivity contribution >= 4 is 5.91 Å². The molecule has 0 saturated heterocycles. The molecule has 2 unspecified atom stereocenters. The molecule has 3 nitrogen and oxygen atoms in total. The zero-order chi connectivity index (χ0) is 12.8. The maximum atomic E-state index is 11.8. The Morgan fingerprint density at radius 3 is 2.72 bits per heavy atom. The van der Waals surface area contributed by atoms with E-state index in [2.05, 4.69) is 17.4 Å². The van der Waals surface area contributed by atoms with E-state index in [4.69, 9.17) is 5.73 Å². The first-order valence-corrected chi connectivity index (χ1v) is 6.51. The molecule has 0 saturated carbocycles. The quantitative estimate of drug-likeness (QED) is 0.611. The Labute approximate surface area is 108 Å². The molecule has 3 heteroatoms. The van der Waals surface area contributed by atoms with Crippen molar-refractivity contribution in [2.45, 2.75) is 25.3 Å². The van der Waals surface area contributed by atoms with Crippen LogP contribution in [0.2, 0.25) is 0 Å². The Kier molecular flexibility index (Phi) is 4.53. The smallest absolute Gasteiger partial charge is 0.226 e. The molecule has 0 spiro atoms. The fourth-order valence-electron chi connectivity index (χ4n) is 2.20. The number of nitrogens with two attached hydrogens (primary N) is 1. The van der Waals surface area contributed by atoms with Gasteiger partial charge in [-0.1, -0.05) is 42.5 Å².